The summed E-state index contributed by atoms with van der Waals surface area (Å²) in [6.45, 7) is 4.95. The minimum Gasteiger partial charge on any atom is -0.380 e. The minimum absolute atomic E-state index is 0.739. The summed E-state index contributed by atoms with van der Waals surface area (Å²) in [4.78, 5) is 0. The van der Waals surface area contributed by atoms with Gasteiger partial charge in [-0.15, -0.1) is 0 Å². The van der Waals surface area contributed by atoms with Crippen molar-refractivity contribution in [1.29, 1.82) is 0 Å². The Morgan fingerprint density at radius 2 is 1.79 bits per heavy atom. The second kappa shape index (κ2) is 6.29. The maximum Gasteiger partial charge on any atom is 0.0517 e. The van der Waals surface area contributed by atoms with Crippen molar-refractivity contribution in [2.75, 3.05) is 5.32 Å². The van der Waals surface area contributed by atoms with Crippen LogP contribution in [0.15, 0.2) is 39.3 Å². The number of anilines is 1. The fraction of sp³-hybridized carbons (Fsp3) is 0.200. The molecule has 0 atom stereocenters. The number of rotatable bonds is 3. The fourth-order valence-electron chi connectivity index (χ4n) is 1.99. The predicted octanol–water partition coefficient (Wildman–Crippen LogP) is 6.09. The van der Waals surface area contributed by atoms with Crippen molar-refractivity contribution in [3.8, 4) is 0 Å². The molecule has 0 aliphatic heterocycles. The summed E-state index contributed by atoms with van der Waals surface area (Å²) in [5.41, 5.74) is 4.79. The maximum absolute atomic E-state index is 5.94. The van der Waals surface area contributed by atoms with Gasteiger partial charge >= 0.3 is 0 Å². The van der Waals surface area contributed by atoms with Crippen LogP contribution in [0.1, 0.15) is 16.7 Å². The molecule has 1 nitrogen and oxygen atoms in total. The molecule has 0 fully saturated rings. The second-order valence-electron chi connectivity index (χ2n) is 4.53. The Morgan fingerprint density at radius 3 is 2.42 bits per heavy atom. The van der Waals surface area contributed by atoms with Gasteiger partial charge in [0.1, 0.15) is 0 Å². The van der Waals surface area contributed by atoms with E-state index >= 15 is 0 Å². The Balaban J connectivity index is 2.19. The predicted molar refractivity (Wildman–Crippen MR) is 90.1 cm³/mol. The molecule has 0 spiro atoms. The Kier molecular flexibility index (Phi) is 4.93. The third kappa shape index (κ3) is 3.74. The fourth-order valence-corrected chi connectivity index (χ4v) is 3.63. The molecule has 0 heterocycles. The number of nitrogens with one attached hydrogen (secondary N) is 1. The highest BCUT2D eigenvalue weighted by Gasteiger charge is 2.06. The van der Waals surface area contributed by atoms with Gasteiger partial charge in [0, 0.05) is 20.5 Å². The Labute approximate surface area is 135 Å². The van der Waals surface area contributed by atoms with Gasteiger partial charge in [0.25, 0.3) is 0 Å². The van der Waals surface area contributed by atoms with E-state index in [4.69, 9.17) is 11.6 Å². The number of hydrogen-bond donors (Lipinski definition) is 1. The zero-order valence-corrected chi connectivity index (χ0v) is 14.7. The van der Waals surface area contributed by atoms with Crippen LogP contribution in [0, 0.1) is 13.8 Å². The van der Waals surface area contributed by atoms with E-state index in [1.807, 2.05) is 18.2 Å². The lowest BCUT2D eigenvalue weighted by molar-refractivity contribution is 1.12. The van der Waals surface area contributed by atoms with Crippen LogP contribution in [0.2, 0.25) is 5.02 Å². The van der Waals surface area contributed by atoms with E-state index in [1.165, 1.54) is 16.7 Å². The molecule has 0 aromatic heterocycles. The highest BCUT2D eigenvalue weighted by molar-refractivity contribution is 9.11. The van der Waals surface area contributed by atoms with Crippen LogP contribution in [0.3, 0.4) is 0 Å². The summed E-state index contributed by atoms with van der Waals surface area (Å²) in [7, 11) is 0. The Hall–Kier alpha value is -0.510. The van der Waals surface area contributed by atoms with Crippen molar-refractivity contribution in [3.05, 3.63) is 61.0 Å². The average molecular weight is 404 g/mol. The monoisotopic (exact) mass is 401 g/mol. The minimum atomic E-state index is 0.739. The summed E-state index contributed by atoms with van der Waals surface area (Å²) >= 11 is 13.1. The number of halogens is 3. The quantitative estimate of drug-likeness (QED) is 0.653. The van der Waals surface area contributed by atoms with E-state index < -0.39 is 0 Å². The lowest BCUT2D eigenvalue weighted by Crippen LogP contribution is -2.03. The third-order valence-corrected chi connectivity index (χ3v) is 4.50. The normalized spacial score (nSPS) is 10.6. The molecule has 0 radical (unpaired) electrons. The van der Waals surface area contributed by atoms with Crippen molar-refractivity contribution in [2.24, 2.45) is 0 Å². The van der Waals surface area contributed by atoms with E-state index in [2.05, 4.69) is 63.2 Å². The molecule has 2 rings (SSSR count). The smallest absolute Gasteiger partial charge is 0.0517 e. The summed E-state index contributed by atoms with van der Waals surface area (Å²) in [6.07, 6.45) is 0. The van der Waals surface area contributed by atoms with Gasteiger partial charge in [-0.05, 0) is 64.7 Å². The maximum atomic E-state index is 5.94. The summed E-state index contributed by atoms with van der Waals surface area (Å²) in [6, 6.07) is 10.1. The topological polar surface area (TPSA) is 12.0 Å². The van der Waals surface area contributed by atoms with Gasteiger partial charge in [-0.25, -0.2) is 0 Å². The van der Waals surface area contributed by atoms with Gasteiger partial charge in [-0.3, -0.25) is 0 Å². The molecule has 2 aromatic carbocycles. The molecular weight excluding hydrogens is 389 g/mol. The molecule has 0 unspecified atom stereocenters. The molecule has 0 saturated heterocycles. The van der Waals surface area contributed by atoms with E-state index in [0.29, 0.717) is 0 Å². The molecule has 1 N–H and O–H groups in total. The molecule has 0 saturated carbocycles. The first-order valence-electron chi connectivity index (χ1n) is 5.92. The van der Waals surface area contributed by atoms with Crippen molar-refractivity contribution in [3.63, 3.8) is 0 Å². The van der Waals surface area contributed by atoms with Crippen LogP contribution in [-0.4, -0.2) is 0 Å². The molecule has 19 heavy (non-hydrogen) atoms. The molecule has 0 amide bonds. The summed E-state index contributed by atoms with van der Waals surface area (Å²) in [5.74, 6) is 0. The summed E-state index contributed by atoms with van der Waals surface area (Å²) < 4.78 is 2.11. The lowest BCUT2D eigenvalue weighted by atomic mass is 10.1. The highest BCUT2D eigenvalue weighted by atomic mass is 79.9. The van der Waals surface area contributed by atoms with Crippen molar-refractivity contribution >= 4 is 49.1 Å². The highest BCUT2D eigenvalue weighted by Crippen LogP contribution is 2.29. The van der Waals surface area contributed by atoms with Gasteiger partial charge in [0.2, 0.25) is 0 Å². The SMILES string of the molecule is Cc1cc(C)c(NCc2ccc(Cl)cc2Br)c(Br)c1. The second-order valence-corrected chi connectivity index (χ2v) is 6.67. The Bertz CT molecular complexity index is 588. The molecule has 100 valence electrons. The molecule has 0 bridgehead atoms. The number of aryl methyl sites for hydroxylation is 2. The number of hydrogen-bond acceptors (Lipinski definition) is 1. The van der Waals surface area contributed by atoms with E-state index in [-0.39, 0.29) is 0 Å². The zero-order chi connectivity index (χ0) is 14.0. The van der Waals surface area contributed by atoms with Crippen LogP contribution >= 0.6 is 43.5 Å². The van der Waals surface area contributed by atoms with Gasteiger partial charge in [-0.1, -0.05) is 39.7 Å². The third-order valence-electron chi connectivity index (χ3n) is 2.90. The molecule has 0 aliphatic rings. The average Bonchev–Trinajstić information content (AvgIpc) is 2.30. The molecular formula is C15H14Br2ClN. The van der Waals surface area contributed by atoms with Gasteiger partial charge in [0.15, 0.2) is 0 Å². The molecule has 0 aliphatic carbocycles. The van der Waals surface area contributed by atoms with Crippen LogP contribution in [-0.2, 0) is 6.54 Å². The number of benzene rings is 2. The van der Waals surface area contributed by atoms with Crippen molar-refractivity contribution in [1.82, 2.24) is 0 Å². The van der Waals surface area contributed by atoms with Gasteiger partial charge in [-0.2, -0.15) is 0 Å². The molecule has 4 heteroatoms. The van der Waals surface area contributed by atoms with Crippen LogP contribution in [0.25, 0.3) is 0 Å². The molecule has 2 aromatic rings. The van der Waals surface area contributed by atoms with Crippen LogP contribution < -0.4 is 5.32 Å². The summed E-state index contributed by atoms with van der Waals surface area (Å²) in [5, 5.41) is 4.20. The first kappa shape index (κ1) is 14.9. The first-order valence-corrected chi connectivity index (χ1v) is 7.88. The Morgan fingerprint density at radius 1 is 1.05 bits per heavy atom. The van der Waals surface area contributed by atoms with Crippen LogP contribution in [0.5, 0.6) is 0 Å². The van der Waals surface area contributed by atoms with E-state index in [1.54, 1.807) is 0 Å². The largest absolute Gasteiger partial charge is 0.380 e. The van der Waals surface area contributed by atoms with Gasteiger partial charge < -0.3 is 5.32 Å². The standard InChI is InChI=1S/C15H14Br2ClN/c1-9-5-10(2)15(14(17)6-9)19-8-11-3-4-12(18)7-13(11)16/h3-7,19H,8H2,1-2H3. The zero-order valence-electron chi connectivity index (χ0n) is 10.7. The van der Waals surface area contributed by atoms with Crippen molar-refractivity contribution < 1.29 is 0 Å². The lowest BCUT2D eigenvalue weighted by Gasteiger charge is -2.14. The van der Waals surface area contributed by atoms with Crippen molar-refractivity contribution in [2.45, 2.75) is 20.4 Å². The van der Waals surface area contributed by atoms with Gasteiger partial charge in [0.05, 0.1) is 5.69 Å². The van der Waals surface area contributed by atoms with E-state index in [9.17, 15) is 0 Å². The van der Waals surface area contributed by atoms with E-state index in [0.717, 1.165) is 26.2 Å². The first-order chi connectivity index (χ1) is 8.97. The van der Waals surface area contributed by atoms with Crippen LogP contribution in [0.4, 0.5) is 5.69 Å².